The van der Waals surface area contributed by atoms with Gasteiger partial charge in [0, 0.05) is 30.7 Å². The van der Waals surface area contributed by atoms with Crippen LogP contribution in [-0.2, 0) is 0 Å². The predicted octanol–water partition coefficient (Wildman–Crippen LogP) is 1.75. The first kappa shape index (κ1) is 14.5. The molecular weight excluding hydrogens is 316 g/mol. The van der Waals surface area contributed by atoms with Crippen LogP contribution in [0.5, 0.6) is 0 Å². The molecule has 23 heavy (non-hydrogen) atoms. The maximum Gasteiger partial charge on any atom is 0.322 e. The zero-order valence-corrected chi connectivity index (χ0v) is 13.2. The largest absolute Gasteiger partial charge is 0.322 e. The highest BCUT2D eigenvalue weighted by Gasteiger charge is 2.40. The third-order valence-electron chi connectivity index (χ3n) is 4.57. The van der Waals surface area contributed by atoms with Gasteiger partial charge in [0.2, 0.25) is 0 Å². The molecule has 2 fully saturated rings. The molecule has 2 aliphatic rings. The highest BCUT2D eigenvalue weighted by Crippen LogP contribution is 2.29. The summed E-state index contributed by atoms with van der Waals surface area (Å²) in [6.45, 7) is 2.65. The Kier molecular flexibility index (Phi) is 3.66. The van der Waals surface area contributed by atoms with E-state index in [2.05, 4.69) is 20.7 Å². The topological polar surface area (TPSA) is 75.1 Å². The molecule has 8 heteroatoms. The van der Waals surface area contributed by atoms with Crippen molar-refractivity contribution in [3.8, 4) is 5.69 Å². The van der Waals surface area contributed by atoms with Crippen LogP contribution in [0.1, 0.15) is 6.42 Å². The maximum absolute atomic E-state index is 12.7. The lowest BCUT2D eigenvalue weighted by Crippen LogP contribution is -2.41. The van der Waals surface area contributed by atoms with Gasteiger partial charge in [0.05, 0.1) is 11.4 Å². The Morgan fingerprint density at radius 1 is 1.39 bits per heavy atom. The van der Waals surface area contributed by atoms with Crippen LogP contribution in [0.15, 0.2) is 30.9 Å². The second-order valence-corrected chi connectivity index (χ2v) is 6.34. The van der Waals surface area contributed by atoms with E-state index in [0.29, 0.717) is 16.6 Å². The number of nitrogens with zero attached hydrogens (tertiary/aromatic N) is 4. The van der Waals surface area contributed by atoms with Gasteiger partial charge in [-0.05, 0) is 30.5 Å². The van der Waals surface area contributed by atoms with Crippen molar-refractivity contribution in [3.63, 3.8) is 0 Å². The Morgan fingerprint density at radius 3 is 3.13 bits per heavy atom. The van der Waals surface area contributed by atoms with E-state index in [9.17, 15) is 4.79 Å². The standard InChI is InChI=1S/C15H17ClN6O/c16-11-1-2-13(22-9-18-8-19-22)12(5-11)20-15(23)21-4-3-10-6-17-7-14(10)21/h1-2,5,8-10,14,17H,3-4,6-7H2,(H,20,23)/t10-,14+/m1/s1. The van der Waals surface area contributed by atoms with Crippen LogP contribution in [0, 0.1) is 5.92 Å². The van der Waals surface area contributed by atoms with Crippen molar-refractivity contribution in [2.24, 2.45) is 5.92 Å². The number of nitrogens with one attached hydrogen (secondary N) is 2. The quantitative estimate of drug-likeness (QED) is 0.878. The third kappa shape index (κ3) is 2.66. The van der Waals surface area contributed by atoms with Gasteiger partial charge in [-0.15, -0.1) is 0 Å². The third-order valence-corrected chi connectivity index (χ3v) is 4.81. The molecule has 1 aromatic carbocycles. The van der Waals surface area contributed by atoms with Crippen LogP contribution in [-0.4, -0.2) is 51.4 Å². The lowest BCUT2D eigenvalue weighted by Gasteiger charge is -2.24. The monoisotopic (exact) mass is 332 g/mol. The normalized spacial score (nSPS) is 23.1. The molecule has 2 amide bonds. The average molecular weight is 333 g/mol. The number of likely N-dealkylation sites (tertiary alicyclic amines) is 1. The first-order chi connectivity index (χ1) is 11.2. The number of benzene rings is 1. The highest BCUT2D eigenvalue weighted by molar-refractivity contribution is 6.31. The van der Waals surface area contributed by atoms with Crippen molar-refractivity contribution in [1.82, 2.24) is 25.0 Å². The van der Waals surface area contributed by atoms with Gasteiger partial charge in [-0.2, -0.15) is 5.10 Å². The van der Waals surface area contributed by atoms with E-state index in [1.807, 2.05) is 11.0 Å². The minimum absolute atomic E-state index is 0.0927. The van der Waals surface area contributed by atoms with E-state index < -0.39 is 0 Å². The van der Waals surface area contributed by atoms with E-state index in [1.165, 1.54) is 6.33 Å². The Bertz CT molecular complexity index is 719. The molecule has 120 valence electrons. The molecule has 2 aromatic rings. The number of fused-ring (bicyclic) bond motifs is 1. The second kappa shape index (κ2) is 5.82. The van der Waals surface area contributed by atoms with Crippen molar-refractivity contribution in [2.45, 2.75) is 12.5 Å². The molecule has 4 rings (SSSR count). The molecule has 1 aromatic heterocycles. The number of carbonyl (C=O) groups is 1. The van der Waals surface area contributed by atoms with Crippen molar-refractivity contribution < 1.29 is 4.79 Å². The summed E-state index contributed by atoms with van der Waals surface area (Å²) in [5.41, 5.74) is 1.36. The Balaban J connectivity index is 1.59. The summed E-state index contributed by atoms with van der Waals surface area (Å²) in [6.07, 6.45) is 4.09. The van der Waals surface area contributed by atoms with E-state index >= 15 is 0 Å². The van der Waals surface area contributed by atoms with Gasteiger partial charge in [-0.3, -0.25) is 0 Å². The number of hydrogen-bond donors (Lipinski definition) is 2. The van der Waals surface area contributed by atoms with Crippen molar-refractivity contribution >= 4 is 23.3 Å². The molecule has 2 saturated heterocycles. The number of anilines is 1. The number of aromatic nitrogens is 3. The average Bonchev–Trinajstić information content (AvgIpc) is 3.25. The first-order valence-corrected chi connectivity index (χ1v) is 8.03. The highest BCUT2D eigenvalue weighted by atomic mass is 35.5. The molecule has 0 radical (unpaired) electrons. The summed E-state index contributed by atoms with van der Waals surface area (Å²) in [5.74, 6) is 0.565. The van der Waals surface area contributed by atoms with Gasteiger partial charge in [0.25, 0.3) is 0 Å². The maximum atomic E-state index is 12.7. The first-order valence-electron chi connectivity index (χ1n) is 7.65. The van der Waals surface area contributed by atoms with Gasteiger partial charge < -0.3 is 15.5 Å². The minimum Gasteiger partial charge on any atom is -0.320 e. The smallest absolute Gasteiger partial charge is 0.320 e. The molecule has 2 N–H and O–H groups in total. The molecule has 3 heterocycles. The van der Waals surface area contributed by atoms with Crippen molar-refractivity contribution in [1.29, 1.82) is 0 Å². The van der Waals surface area contributed by atoms with Crippen LogP contribution in [0.4, 0.5) is 10.5 Å². The summed E-state index contributed by atoms with van der Waals surface area (Å²) < 4.78 is 1.61. The number of hydrogen-bond acceptors (Lipinski definition) is 4. The number of halogens is 1. The fourth-order valence-electron chi connectivity index (χ4n) is 3.43. The molecule has 0 spiro atoms. The molecule has 2 atom stereocenters. The molecule has 0 bridgehead atoms. The van der Waals surface area contributed by atoms with Crippen molar-refractivity contribution in [2.75, 3.05) is 25.0 Å². The van der Waals surface area contributed by atoms with Gasteiger partial charge in [-0.25, -0.2) is 14.5 Å². The van der Waals surface area contributed by atoms with E-state index in [4.69, 9.17) is 11.6 Å². The van der Waals surface area contributed by atoms with Crippen molar-refractivity contribution in [3.05, 3.63) is 35.9 Å². The van der Waals surface area contributed by atoms with E-state index in [-0.39, 0.29) is 12.1 Å². The molecule has 2 aliphatic heterocycles. The second-order valence-electron chi connectivity index (χ2n) is 5.90. The number of amides is 2. The van der Waals surface area contributed by atoms with Gasteiger partial charge in [-0.1, -0.05) is 11.6 Å². The minimum atomic E-state index is -0.0927. The Hall–Kier alpha value is -2.12. The van der Waals surface area contributed by atoms with Gasteiger partial charge in [0.1, 0.15) is 12.7 Å². The fourth-order valence-corrected chi connectivity index (χ4v) is 3.60. The number of urea groups is 1. The van der Waals surface area contributed by atoms with E-state index in [1.54, 1.807) is 23.1 Å². The lowest BCUT2D eigenvalue weighted by atomic mass is 10.1. The van der Waals surface area contributed by atoms with E-state index in [0.717, 1.165) is 31.7 Å². The van der Waals surface area contributed by atoms with Crippen LogP contribution in [0.2, 0.25) is 5.02 Å². The van der Waals surface area contributed by atoms with Gasteiger partial charge >= 0.3 is 6.03 Å². The summed E-state index contributed by atoms with van der Waals surface area (Å²) in [7, 11) is 0. The molecule has 7 nitrogen and oxygen atoms in total. The van der Waals surface area contributed by atoms with Crippen LogP contribution < -0.4 is 10.6 Å². The van der Waals surface area contributed by atoms with Gasteiger partial charge in [0.15, 0.2) is 0 Å². The molecule has 0 aliphatic carbocycles. The molecular formula is C15H17ClN6O. The molecule has 0 unspecified atom stereocenters. The Morgan fingerprint density at radius 2 is 2.30 bits per heavy atom. The van der Waals surface area contributed by atoms with Crippen LogP contribution in [0.3, 0.4) is 0 Å². The lowest BCUT2D eigenvalue weighted by molar-refractivity contribution is 0.206. The number of rotatable bonds is 2. The summed E-state index contributed by atoms with van der Waals surface area (Å²) in [5, 5.41) is 11.0. The zero-order chi connectivity index (χ0) is 15.8. The predicted molar refractivity (Wildman–Crippen MR) is 86.9 cm³/mol. The van der Waals surface area contributed by atoms with Crippen LogP contribution >= 0.6 is 11.6 Å². The Labute approximate surface area is 138 Å². The number of carbonyl (C=O) groups excluding carboxylic acids is 1. The molecule has 0 saturated carbocycles. The fraction of sp³-hybridized carbons (Fsp3) is 0.400. The summed E-state index contributed by atoms with van der Waals surface area (Å²) in [4.78, 5) is 18.6. The zero-order valence-electron chi connectivity index (χ0n) is 12.4. The SMILES string of the molecule is O=C(Nc1cc(Cl)ccc1-n1cncn1)N1CC[C@@H]2CNC[C@@H]21. The summed E-state index contributed by atoms with van der Waals surface area (Å²) >= 11 is 6.09. The van der Waals surface area contributed by atoms with Crippen LogP contribution in [0.25, 0.3) is 5.69 Å². The summed E-state index contributed by atoms with van der Waals surface area (Å²) in [6, 6.07) is 5.50.